The highest BCUT2D eigenvalue weighted by molar-refractivity contribution is 14.1. The van der Waals surface area contributed by atoms with Crippen LogP contribution in [-0.2, 0) is 27.1 Å². The van der Waals surface area contributed by atoms with Crippen molar-refractivity contribution in [1.82, 2.24) is 4.57 Å². The van der Waals surface area contributed by atoms with Crippen LogP contribution in [0.5, 0.6) is 0 Å². The fraction of sp³-hybridized carbons (Fsp3) is 0.143. The molecule has 0 saturated carbocycles. The van der Waals surface area contributed by atoms with Crippen molar-refractivity contribution in [3.8, 4) is 0 Å². The van der Waals surface area contributed by atoms with E-state index >= 15 is 0 Å². The first-order valence-electron chi connectivity index (χ1n) is 6.44. The Morgan fingerprint density at radius 3 is 2.52 bits per heavy atom. The van der Waals surface area contributed by atoms with E-state index in [1.165, 1.54) is 10.8 Å². The van der Waals surface area contributed by atoms with E-state index in [0.29, 0.717) is 9.13 Å². The SMILES string of the molecule is NC(=O)Cn1ccc(I)c(Cl)c1=NS(=O)(=O)Cc1ccccc1. The van der Waals surface area contributed by atoms with E-state index in [4.69, 9.17) is 17.3 Å². The predicted octanol–water partition coefficient (Wildman–Crippen LogP) is 1.66. The monoisotopic (exact) mass is 465 g/mol. The molecule has 0 aliphatic carbocycles. The Hall–Kier alpha value is -1.39. The first-order valence-corrected chi connectivity index (χ1v) is 9.50. The second kappa shape index (κ2) is 7.45. The van der Waals surface area contributed by atoms with Crippen LogP contribution < -0.4 is 11.2 Å². The van der Waals surface area contributed by atoms with Gasteiger partial charge in [-0.15, -0.1) is 4.40 Å². The molecule has 0 aliphatic rings. The van der Waals surface area contributed by atoms with Gasteiger partial charge in [-0.3, -0.25) is 4.79 Å². The lowest BCUT2D eigenvalue weighted by molar-refractivity contribution is -0.118. The third-order valence-corrected chi connectivity index (χ3v) is 5.56. The summed E-state index contributed by atoms with van der Waals surface area (Å²) in [6.45, 7) is -0.212. The Morgan fingerprint density at radius 2 is 1.91 bits per heavy atom. The third-order valence-electron chi connectivity index (χ3n) is 2.82. The van der Waals surface area contributed by atoms with Crippen molar-refractivity contribution in [3.63, 3.8) is 0 Å². The normalized spacial score (nSPS) is 12.3. The molecular formula is C14H13ClIN3O3S. The molecule has 23 heavy (non-hydrogen) atoms. The van der Waals surface area contributed by atoms with Gasteiger partial charge in [0.05, 0.1) is 10.8 Å². The van der Waals surface area contributed by atoms with Crippen molar-refractivity contribution in [3.05, 3.63) is 62.2 Å². The van der Waals surface area contributed by atoms with E-state index in [0.717, 1.165) is 0 Å². The zero-order chi connectivity index (χ0) is 17.0. The smallest absolute Gasteiger partial charge is 0.259 e. The second-order valence-electron chi connectivity index (χ2n) is 4.70. The summed E-state index contributed by atoms with van der Waals surface area (Å²) in [6.07, 6.45) is 1.52. The summed E-state index contributed by atoms with van der Waals surface area (Å²) >= 11 is 8.11. The highest BCUT2D eigenvalue weighted by atomic mass is 127. The van der Waals surface area contributed by atoms with Gasteiger partial charge in [-0.2, -0.15) is 0 Å². The van der Waals surface area contributed by atoms with E-state index in [9.17, 15) is 13.2 Å². The Labute approximate surface area is 152 Å². The number of pyridine rings is 1. The molecule has 2 rings (SSSR count). The highest BCUT2D eigenvalue weighted by Crippen LogP contribution is 2.14. The number of halogens is 2. The number of nitrogens with zero attached hydrogens (tertiary/aromatic N) is 2. The molecule has 0 fully saturated rings. The number of carbonyl (C=O) groups is 1. The summed E-state index contributed by atoms with van der Waals surface area (Å²) in [5.41, 5.74) is 5.78. The molecule has 0 atom stereocenters. The lowest BCUT2D eigenvalue weighted by Crippen LogP contribution is -2.30. The number of aromatic nitrogens is 1. The van der Waals surface area contributed by atoms with Crippen LogP contribution in [-0.4, -0.2) is 18.9 Å². The molecule has 1 aromatic heterocycles. The minimum Gasteiger partial charge on any atom is -0.368 e. The standard InChI is InChI=1S/C14H13ClIN3O3S/c15-13-11(16)6-7-19(8-12(17)20)14(13)18-23(21,22)9-10-4-2-1-3-5-10/h1-7H,8-9H2,(H2,17,20). The van der Waals surface area contributed by atoms with Crippen molar-refractivity contribution in [2.24, 2.45) is 10.1 Å². The fourth-order valence-corrected chi connectivity index (χ4v) is 3.67. The first kappa shape index (κ1) is 18.0. The van der Waals surface area contributed by atoms with Gasteiger partial charge in [0.15, 0.2) is 5.49 Å². The number of amides is 1. The summed E-state index contributed by atoms with van der Waals surface area (Å²) < 4.78 is 30.4. The average Bonchev–Trinajstić information content (AvgIpc) is 2.47. The lowest BCUT2D eigenvalue weighted by atomic mass is 10.2. The predicted molar refractivity (Wildman–Crippen MR) is 96.0 cm³/mol. The van der Waals surface area contributed by atoms with Crippen LogP contribution in [0, 0.1) is 3.57 Å². The molecule has 1 heterocycles. The lowest BCUT2D eigenvalue weighted by Gasteiger charge is -2.08. The molecule has 6 nitrogen and oxygen atoms in total. The minimum absolute atomic E-state index is 0.00621. The van der Waals surface area contributed by atoms with Gasteiger partial charge in [-0.25, -0.2) is 8.42 Å². The quantitative estimate of drug-likeness (QED) is 0.681. The Morgan fingerprint density at radius 1 is 1.26 bits per heavy atom. The maximum atomic E-state index is 12.3. The number of carbonyl (C=O) groups excluding carboxylic acids is 1. The summed E-state index contributed by atoms with van der Waals surface area (Å²) in [4.78, 5) is 11.1. The Bertz CT molecular complexity index is 895. The van der Waals surface area contributed by atoms with Gasteiger partial charge in [0, 0.05) is 9.77 Å². The molecule has 0 aliphatic heterocycles. The third kappa shape index (κ3) is 5.05. The van der Waals surface area contributed by atoms with E-state index < -0.39 is 15.9 Å². The molecule has 1 amide bonds. The average molecular weight is 466 g/mol. The highest BCUT2D eigenvalue weighted by Gasteiger charge is 2.13. The number of rotatable bonds is 5. The van der Waals surface area contributed by atoms with Crippen molar-refractivity contribution in [2.45, 2.75) is 12.3 Å². The van der Waals surface area contributed by atoms with Gasteiger partial charge in [0.1, 0.15) is 6.54 Å². The molecule has 2 aromatic rings. The molecule has 0 bridgehead atoms. The Kier molecular flexibility index (Phi) is 5.82. The van der Waals surface area contributed by atoms with Gasteiger partial charge < -0.3 is 10.3 Å². The van der Waals surface area contributed by atoms with E-state index in [1.54, 1.807) is 36.4 Å². The van der Waals surface area contributed by atoms with Gasteiger partial charge in [-0.1, -0.05) is 41.9 Å². The van der Waals surface area contributed by atoms with E-state index in [2.05, 4.69) is 4.40 Å². The number of sulfonamides is 1. The fourth-order valence-electron chi connectivity index (χ4n) is 1.87. The summed E-state index contributed by atoms with van der Waals surface area (Å²) in [5, 5.41) is 0.158. The first-order chi connectivity index (χ1) is 10.8. The van der Waals surface area contributed by atoms with Crippen LogP contribution in [0.15, 0.2) is 47.0 Å². The number of benzene rings is 1. The zero-order valence-electron chi connectivity index (χ0n) is 11.8. The van der Waals surface area contributed by atoms with Crippen LogP contribution in [0.1, 0.15) is 5.56 Å². The maximum absolute atomic E-state index is 12.3. The van der Waals surface area contributed by atoms with E-state index in [-0.39, 0.29) is 22.8 Å². The molecule has 1 aromatic carbocycles. The molecule has 9 heteroatoms. The summed E-state index contributed by atoms with van der Waals surface area (Å²) in [6, 6.07) is 10.3. The maximum Gasteiger partial charge on any atom is 0.259 e. The number of primary amides is 1. The van der Waals surface area contributed by atoms with Crippen molar-refractivity contribution in [2.75, 3.05) is 0 Å². The van der Waals surface area contributed by atoms with Crippen LogP contribution >= 0.6 is 34.2 Å². The largest absolute Gasteiger partial charge is 0.368 e. The molecule has 0 unspecified atom stereocenters. The van der Waals surface area contributed by atoms with Crippen LogP contribution in [0.3, 0.4) is 0 Å². The van der Waals surface area contributed by atoms with Gasteiger partial charge in [0.25, 0.3) is 10.0 Å². The zero-order valence-corrected chi connectivity index (χ0v) is 15.5. The minimum atomic E-state index is -3.82. The van der Waals surface area contributed by atoms with Crippen molar-refractivity contribution in [1.29, 1.82) is 0 Å². The van der Waals surface area contributed by atoms with Crippen molar-refractivity contribution < 1.29 is 13.2 Å². The van der Waals surface area contributed by atoms with Gasteiger partial charge in [0.2, 0.25) is 5.91 Å². The Balaban J connectivity index is 2.52. The van der Waals surface area contributed by atoms with E-state index in [1.807, 2.05) is 22.6 Å². The van der Waals surface area contributed by atoms with Crippen LogP contribution in [0.2, 0.25) is 5.02 Å². The number of hydrogen-bond acceptors (Lipinski definition) is 3. The van der Waals surface area contributed by atoms with Crippen LogP contribution in [0.4, 0.5) is 0 Å². The van der Waals surface area contributed by atoms with Crippen LogP contribution in [0.25, 0.3) is 0 Å². The molecule has 0 spiro atoms. The second-order valence-corrected chi connectivity index (χ2v) is 7.87. The van der Waals surface area contributed by atoms with Gasteiger partial charge >= 0.3 is 0 Å². The van der Waals surface area contributed by atoms with Gasteiger partial charge in [-0.05, 0) is 34.2 Å². The molecule has 2 N–H and O–H groups in total. The van der Waals surface area contributed by atoms with Crippen molar-refractivity contribution >= 4 is 50.1 Å². The summed E-state index contributed by atoms with van der Waals surface area (Å²) in [5.74, 6) is -0.879. The number of nitrogens with two attached hydrogens (primary N) is 1. The molecular weight excluding hydrogens is 453 g/mol. The summed E-state index contributed by atoms with van der Waals surface area (Å²) in [7, 11) is -3.82. The molecule has 0 saturated heterocycles. The number of hydrogen-bond donors (Lipinski definition) is 1. The molecule has 122 valence electrons. The molecule has 0 radical (unpaired) electrons. The topological polar surface area (TPSA) is 94.5 Å².